The van der Waals surface area contributed by atoms with E-state index in [9.17, 15) is 9.59 Å². The number of hydrogen-bond acceptors (Lipinski definition) is 4. The highest BCUT2D eigenvalue weighted by Gasteiger charge is 2.35. The third kappa shape index (κ3) is 3.89. The number of carboxylic acid groups (broad SMARTS) is 1. The van der Waals surface area contributed by atoms with E-state index in [0.717, 1.165) is 0 Å². The number of ether oxygens (including phenoxy) is 1. The fourth-order valence-corrected chi connectivity index (χ4v) is 1.78. The first-order valence-corrected chi connectivity index (χ1v) is 5.67. The Hall–Kier alpha value is -1.30. The number of carbonyl (C=O) groups is 2. The molecule has 1 aliphatic rings. The minimum absolute atomic E-state index is 0.228. The zero-order chi connectivity index (χ0) is 13.2. The SMILES string of the molecule is CC(C)(C)OC(=O)N1CCC(C(=O)O)[C@@H](N)C1. The third-order valence-electron chi connectivity index (χ3n) is 2.63. The highest BCUT2D eigenvalue weighted by atomic mass is 16.6. The van der Waals surface area contributed by atoms with Crippen molar-refractivity contribution in [3.05, 3.63) is 0 Å². The molecule has 1 fully saturated rings. The van der Waals surface area contributed by atoms with Crippen molar-refractivity contribution in [2.45, 2.75) is 38.8 Å². The van der Waals surface area contributed by atoms with E-state index in [1.54, 1.807) is 20.8 Å². The first-order valence-electron chi connectivity index (χ1n) is 5.67. The molecular weight excluding hydrogens is 224 g/mol. The van der Waals surface area contributed by atoms with Gasteiger partial charge in [-0.1, -0.05) is 0 Å². The summed E-state index contributed by atoms with van der Waals surface area (Å²) in [5.74, 6) is -1.48. The number of piperidine rings is 1. The summed E-state index contributed by atoms with van der Waals surface area (Å²) in [6.45, 7) is 5.96. The smallest absolute Gasteiger partial charge is 0.410 e. The molecule has 0 radical (unpaired) electrons. The molecule has 0 aliphatic carbocycles. The maximum absolute atomic E-state index is 11.7. The lowest BCUT2D eigenvalue weighted by molar-refractivity contribution is -0.144. The van der Waals surface area contributed by atoms with Crippen molar-refractivity contribution in [1.29, 1.82) is 0 Å². The summed E-state index contributed by atoms with van der Waals surface area (Å²) in [6.07, 6.45) is -0.0628. The summed E-state index contributed by atoms with van der Waals surface area (Å²) >= 11 is 0. The van der Waals surface area contributed by atoms with Gasteiger partial charge in [-0.2, -0.15) is 0 Å². The number of amides is 1. The average Bonchev–Trinajstić information content (AvgIpc) is 2.14. The van der Waals surface area contributed by atoms with Gasteiger partial charge in [0.2, 0.25) is 0 Å². The topological polar surface area (TPSA) is 92.9 Å². The van der Waals surface area contributed by atoms with Crippen LogP contribution in [0.1, 0.15) is 27.2 Å². The van der Waals surface area contributed by atoms with E-state index < -0.39 is 29.6 Å². The number of nitrogens with zero attached hydrogens (tertiary/aromatic N) is 1. The predicted molar refractivity (Wildman–Crippen MR) is 61.5 cm³/mol. The van der Waals surface area contributed by atoms with Crippen molar-refractivity contribution >= 4 is 12.1 Å². The van der Waals surface area contributed by atoms with Crippen LogP contribution < -0.4 is 5.73 Å². The van der Waals surface area contributed by atoms with E-state index in [0.29, 0.717) is 13.0 Å². The van der Waals surface area contributed by atoms with Gasteiger partial charge in [0.05, 0.1) is 5.92 Å². The lowest BCUT2D eigenvalue weighted by Gasteiger charge is -2.35. The Morgan fingerprint density at radius 2 is 2.00 bits per heavy atom. The van der Waals surface area contributed by atoms with Gasteiger partial charge in [0, 0.05) is 19.1 Å². The zero-order valence-corrected chi connectivity index (χ0v) is 10.5. The van der Waals surface area contributed by atoms with Crippen LogP contribution in [0.3, 0.4) is 0 Å². The van der Waals surface area contributed by atoms with E-state index in [4.69, 9.17) is 15.6 Å². The molecule has 6 heteroatoms. The standard InChI is InChI=1S/C11H20N2O4/c1-11(2,3)17-10(16)13-5-4-7(9(14)15)8(12)6-13/h7-8H,4-6,12H2,1-3H3,(H,14,15)/t7?,8-/m0/s1. The van der Waals surface area contributed by atoms with Gasteiger partial charge in [0.1, 0.15) is 5.60 Å². The molecule has 1 saturated heterocycles. The van der Waals surface area contributed by atoms with E-state index >= 15 is 0 Å². The van der Waals surface area contributed by atoms with Crippen LogP contribution in [0.2, 0.25) is 0 Å². The Balaban J connectivity index is 2.55. The Kier molecular flexibility index (Phi) is 3.98. The van der Waals surface area contributed by atoms with Gasteiger partial charge >= 0.3 is 12.1 Å². The van der Waals surface area contributed by atoms with Crippen LogP contribution in [0.5, 0.6) is 0 Å². The second kappa shape index (κ2) is 4.91. The van der Waals surface area contributed by atoms with E-state index in [2.05, 4.69) is 0 Å². The lowest BCUT2D eigenvalue weighted by Crippen LogP contribution is -2.53. The summed E-state index contributed by atoms with van der Waals surface area (Å²) in [4.78, 5) is 24.1. The van der Waals surface area contributed by atoms with Crippen LogP contribution in [-0.4, -0.2) is 46.8 Å². The van der Waals surface area contributed by atoms with Crippen molar-refractivity contribution < 1.29 is 19.4 Å². The van der Waals surface area contributed by atoms with Crippen molar-refractivity contribution in [2.24, 2.45) is 11.7 Å². The molecule has 98 valence electrons. The minimum atomic E-state index is -0.902. The van der Waals surface area contributed by atoms with Gasteiger partial charge < -0.3 is 20.5 Å². The molecule has 17 heavy (non-hydrogen) atoms. The van der Waals surface area contributed by atoms with Crippen LogP contribution in [-0.2, 0) is 9.53 Å². The highest BCUT2D eigenvalue weighted by Crippen LogP contribution is 2.19. The molecular formula is C11H20N2O4. The van der Waals surface area contributed by atoms with Gasteiger partial charge in [-0.3, -0.25) is 4.79 Å². The molecule has 0 spiro atoms. The Morgan fingerprint density at radius 1 is 1.41 bits per heavy atom. The Morgan fingerprint density at radius 3 is 2.41 bits per heavy atom. The molecule has 1 amide bonds. The molecule has 2 atom stereocenters. The Bertz CT molecular complexity index is 311. The van der Waals surface area contributed by atoms with Gasteiger partial charge in [0.15, 0.2) is 0 Å². The highest BCUT2D eigenvalue weighted by molar-refractivity contribution is 5.72. The second-order valence-electron chi connectivity index (χ2n) is 5.32. The number of rotatable bonds is 1. The molecule has 0 aromatic rings. The molecule has 0 saturated carbocycles. The molecule has 0 bridgehead atoms. The molecule has 1 unspecified atom stereocenters. The number of nitrogens with two attached hydrogens (primary N) is 1. The predicted octanol–water partition coefficient (Wildman–Crippen LogP) is 0.655. The van der Waals surface area contributed by atoms with E-state index in [1.807, 2.05) is 0 Å². The van der Waals surface area contributed by atoms with Crippen LogP contribution in [0.15, 0.2) is 0 Å². The van der Waals surface area contributed by atoms with Crippen LogP contribution in [0.4, 0.5) is 4.79 Å². The number of aliphatic carboxylic acids is 1. The van der Waals surface area contributed by atoms with Gasteiger partial charge in [-0.15, -0.1) is 0 Å². The molecule has 0 aromatic heterocycles. The maximum Gasteiger partial charge on any atom is 0.410 e. The summed E-state index contributed by atoms with van der Waals surface area (Å²) in [5.41, 5.74) is 5.19. The normalized spacial score (nSPS) is 25.5. The van der Waals surface area contributed by atoms with Gasteiger partial charge in [-0.05, 0) is 27.2 Å². The summed E-state index contributed by atoms with van der Waals surface area (Å²) in [6, 6.07) is -0.534. The molecule has 1 aliphatic heterocycles. The molecule has 3 N–H and O–H groups in total. The average molecular weight is 244 g/mol. The quantitative estimate of drug-likeness (QED) is 0.706. The molecule has 6 nitrogen and oxygen atoms in total. The fraction of sp³-hybridized carbons (Fsp3) is 0.818. The monoisotopic (exact) mass is 244 g/mol. The van der Waals surface area contributed by atoms with Gasteiger partial charge in [-0.25, -0.2) is 4.79 Å². The zero-order valence-electron chi connectivity index (χ0n) is 10.5. The second-order valence-corrected chi connectivity index (χ2v) is 5.32. The largest absolute Gasteiger partial charge is 0.481 e. The minimum Gasteiger partial charge on any atom is -0.481 e. The first kappa shape index (κ1) is 13.8. The molecule has 1 rings (SSSR count). The van der Waals surface area contributed by atoms with Crippen molar-refractivity contribution in [2.75, 3.05) is 13.1 Å². The van der Waals surface area contributed by atoms with E-state index in [-0.39, 0.29) is 6.54 Å². The number of carbonyl (C=O) groups excluding carboxylic acids is 1. The maximum atomic E-state index is 11.7. The number of likely N-dealkylation sites (tertiary alicyclic amines) is 1. The van der Waals surface area contributed by atoms with Crippen LogP contribution in [0.25, 0.3) is 0 Å². The van der Waals surface area contributed by atoms with Crippen molar-refractivity contribution in [3.63, 3.8) is 0 Å². The Labute approximate surface area is 101 Å². The van der Waals surface area contributed by atoms with Crippen molar-refractivity contribution in [3.8, 4) is 0 Å². The van der Waals surface area contributed by atoms with Crippen molar-refractivity contribution in [1.82, 2.24) is 4.90 Å². The van der Waals surface area contributed by atoms with E-state index in [1.165, 1.54) is 4.90 Å². The summed E-state index contributed by atoms with van der Waals surface area (Å²) in [7, 11) is 0. The number of hydrogen-bond donors (Lipinski definition) is 2. The number of carboxylic acids is 1. The lowest BCUT2D eigenvalue weighted by atomic mass is 9.93. The van der Waals surface area contributed by atoms with Crippen LogP contribution >= 0.6 is 0 Å². The summed E-state index contributed by atoms with van der Waals surface area (Å²) < 4.78 is 5.21. The fourth-order valence-electron chi connectivity index (χ4n) is 1.78. The third-order valence-corrected chi connectivity index (χ3v) is 2.63. The summed E-state index contributed by atoms with van der Waals surface area (Å²) in [5, 5.41) is 8.91. The first-order chi connectivity index (χ1) is 7.70. The van der Waals surface area contributed by atoms with Crippen LogP contribution in [0, 0.1) is 5.92 Å². The molecule has 1 heterocycles. The van der Waals surface area contributed by atoms with Gasteiger partial charge in [0.25, 0.3) is 0 Å². The molecule has 0 aromatic carbocycles.